The summed E-state index contributed by atoms with van der Waals surface area (Å²) in [6, 6.07) is 1.38. The lowest BCUT2D eigenvalue weighted by Gasteiger charge is -2.35. The highest BCUT2D eigenvalue weighted by atomic mass is 32.1. The van der Waals surface area contributed by atoms with Gasteiger partial charge in [0, 0.05) is 19.6 Å². The van der Waals surface area contributed by atoms with Gasteiger partial charge in [-0.05, 0) is 6.07 Å². The summed E-state index contributed by atoms with van der Waals surface area (Å²) in [5.74, 6) is 0.0114. The Labute approximate surface area is 104 Å². The Hall–Kier alpha value is -0.850. The van der Waals surface area contributed by atoms with Crippen LogP contribution in [0.4, 0.5) is 0 Å². The second-order valence-electron chi connectivity index (χ2n) is 3.57. The third kappa shape index (κ3) is 2.28. The summed E-state index contributed by atoms with van der Waals surface area (Å²) in [7, 11) is 0. The number of nitrogens with zero attached hydrogens (tertiary/aromatic N) is 1. The van der Waals surface area contributed by atoms with Gasteiger partial charge in [-0.15, -0.1) is 12.6 Å². The molecule has 0 spiro atoms. The van der Waals surface area contributed by atoms with Gasteiger partial charge in [0.2, 0.25) is 0 Å². The molecule has 16 heavy (non-hydrogen) atoms. The Bertz CT molecular complexity index is 392. The largest absolute Gasteiger partial charge is 0.472 e. The number of nitrogens with one attached hydrogen (secondary N) is 1. The van der Waals surface area contributed by atoms with Crippen molar-refractivity contribution in [3.63, 3.8) is 0 Å². The zero-order valence-corrected chi connectivity index (χ0v) is 10.3. The average Bonchev–Trinajstić information content (AvgIpc) is 2.81. The molecule has 0 bridgehead atoms. The van der Waals surface area contributed by atoms with Crippen LogP contribution in [0, 0.1) is 0 Å². The van der Waals surface area contributed by atoms with Crippen LogP contribution in [0.25, 0.3) is 0 Å². The van der Waals surface area contributed by atoms with Gasteiger partial charge in [0.15, 0.2) is 5.78 Å². The number of ketones is 1. The predicted octanol–water partition coefficient (Wildman–Crippen LogP) is 0.951. The summed E-state index contributed by atoms with van der Waals surface area (Å²) in [4.78, 5) is 14.0. The third-order valence-electron chi connectivity index (χ3n) is 2.60. The van der Waals surface area contributed by atoms with E-state index in [1.54, 1.807) is 6.07 Å². The minimum atomic E-state index is -0.281. The maximum atomic E-state index is 12.1. The first-order valence-electron chi connectivity index (χ1n) is 4.97. The van der Waals surface area contributed by atoms with Crippen LogP contribution in [0.15, 0.2) is 23.0 Å². The number of carbonyl (C=O) groups is 1. The highest BCUT2D eigenvalue weighted by Crippen LogP contribution is 2.13. The van der Waals surface area contributed by atoms with Crippen LogP contribution in [-0.2, 0) is 0 Å². The summed E-state index contributed by atoms with van der Waals surface area (Å²) in [6.07, 6.45) is 2.95. The number of rotatable bonds is 2. The van der Waals surface area contributed by atoms with Crippen LogP contribution in [-0.4, -0.2) is 40.7 Å². The molecule has 6 heteroatoms. The lowest BCUT2D eigenvalue weighted by molar-refractivity contribution is 0.0870. The topological polar surface area (TPSA) is 45.5 Å². The molecule has 1 unspecified atom stereocenters. The standard InChI is InChI=1S/C10H12N2O2S2/c13-9(7-1-4-14-6-7)8-5-11-2-3-12(8)10(15)16/h1,4,6,8,11H,2-3,5H2,(H,15,16). The fourth-order valence-corrected chi connectivity index (χ4v) is 2.22. The highest BCUT2D eigenvalue weighted by molar-refractivity contribution is 8.10. The van der Waals surface area contributed by atoms with Crippen molar-refractivity contribution in [1.82, 2.24) is 10.2 Å². The minimum Gasteiger partial charge on any atom is -0.472 e. The van der Waals surface area contributed by atoms with Gasteiger partial charge in [-0.25, -0.2) is 0 Å². The number of furan rings is 1. The Morgan fingerprint density at radius 2 is 2.50 bits per heavy atom. The molecule has 1 fully saturated rings. The number of carbonyl (C=O) groups excluding carboxylic acids is 1. The van der Waals surface area contributed by atoms with E-state index in [0.29, 0.717) is 23.0 Å². The maximum absolute atomic E-state index is 12.1. The number of thiol groups is 1. The Morgan fingerprint density at radius 3 is 3.12 bits per heavy atom. The Balaban J connectivity index is 2.17. The van der Waals surface area contributed by atoms with Crippen LogP contribution >= 0.6 is 24.8 Å². The summed E-state index contributed by atoms with van der Waals surface area (Å²) >= 11 is 9.17. The van der Waals surface area contributed by atoms with E-state index in [-0.39, 0.29) is 11.8 Å². The Kier molecular flexibility index (Phi) is 3.63. The average molecular weight is 256 g/mol. The first-order valence-corrected chi connectivity index (χ1v) is 5.82. The minimum absolute atomic E-state index is 0.0114. The molecule has 4 nitrogen and oxygen atoms in total. The van der Waals surface area contributed by atoms with Crippen LogP contribution in [0.2, 0.25) is 0 Å². The van der Waals surface area contributed by atoms with Gasteiger partial charge in [-0.3, -0.25) is 4.79 Å². The molecule has 0 aliphatic carbocycles. The number of hydrogen-bond acceptors (Lipinski definition) is 4. The summed E-state index contributed by atoms with van der Waals surface area (Å²) in [5.41, 5.74) is 0.572. The molecule has 1 aromatic rings. The van der Waals surface area contributed by atoms with E-state index in [1.165, 1.54) is 12.5 Å². The van der Waals surface area contributed by atoms with Crippen LogP contribution in [0.5, 0.6) is 0 Å². The maximum Gasteiger partial charge on any atom is 0.189 e. The molecule has 2 heterocycles. The van der Waals surface area contributed by atoms with Crippen molar-refractivity contribution in [2.75, 3.05) is 19.6 Å². The molecule has 0 radical (unpaired) electrons. The summed E-state index contributed by atoms with van der Waals surface area (Å²) in [6.45, 7) is 2.11. The lowest BCUT2D eigenvalue weighted by Crippen LogP contribution is -2.55. The molecule has 0 amide bonds. The zero-order valence-electron chi connectivity index (χ0n) is 8.55. The molecule has 2 rings (SSSR count). The second kappa shape index (κ2) is 4.99. The second-order valence-corrected chi connectivity index (χ2v) is 4.69. The fourth-order valence-electron chi connectivity index (χ4n) is 1.76. The van der Waals surface area contributed by atoms with E-state index < -0.39 is 0 Å². The van der Waals surface area contributed by atoms with Gasteiger partial charge >= 0.3 is 0 Å². The summed E-state index contributed by atoms with van der Waals surface area (Å²) in [5, 5.41) is 3.18. The van der Waals surface area contributed by atoms with E-state index >= 15 is 0 Å². The number of piperazine rings is 1. The molecular formula is C10H12N2O2S2. The van der Waals surface area contributed by atoms with E-state index in [9.17, 15) is 4.79 Å². The third-order valence-corrected chi connectivity index (χ3v) is 3.09. The van der Waals surface area contributed by atoms with Crippen molar-refractivity contribution in [3.8, 4) is 0 Å². The number of hydrogen-bond donors (Lipinski definition) is 2. The molecule has 1 aromatic heterocycles. The molecule has 1 saturated heterocycles. The van der Waals surface area contributed by atoms with E-state index in [2.05, 4.69) is 17.9 Å². The van der Waals surface area contributed by atoms with Gasteiger partial charge < -0.3 is 14.6 Å². The van der Waals surface area contributed by atoms with E-state index in [0.717, 1.165) is 6.54 Å². The van der Waals surface area contributed by atoms with Crippen LogP contribution in [0.3, 0.4) is 0 Å². The van der Waals surface area contributed by atoms with Crippen molar-refractivity contribution < 1.29 is 9.21 Å². The monoisotopic (exact) mass is 256 g/mol. The van der Waals surface area contributed by atoms with Crippen molar-refractivity contribution in [1.29, 1.82) is 0 Å². The quantitative estimate of drug-likeness (QED) is 0.469. The molecule has 1 N–H and O–H groups in total. The fraction of sp³-hybridized carbons (Fsp3) is 0.400. The van der Waals surface area contributed by atoms with Crippen molar-refractivity contribution >= 4 is 35.0 Å². The van der Waals surface area contributed by atoms with Gasteiger partial charge in [0.1, 0.15) is 16.6 Å². The van der Waals surface area contributed by atoms with Gasteiger partial charge in [-0.1, -0.05) is 12.2 Å². The van der Waals surface area contributed by atoms with Crippen LogP contribution < -0.4 is 5.32 Å². The van der Waals surface area contributed by atoms with E-state index in [1.807, 2.05) is 4.90 Å². The molecule has 86 valence electrons. The summed E-state index contributed by atoms with van der Waals surface area (Å²) < 4.78 is 5.37. The molecular weight excluding hydrogens is 244 g/mol. The highest BCUT2D eigenvalue weighted by Gasteiger charge is 2.30. The number of Topliss-reactive ketones (excluding diaryl/α,β-unsaturated/α-hetero) is 1. The lowest BCUT2D eigenvalue weighted by atomic mass is 10.0. The van der Waals surface area contributed by atoms with Gasteiger partial charge in [0.05, 0.1) is 11.8 Å². The Morgan fingerprint density at radius 1 is 1.69 bits per heavy atom. The smallest absolute Gasteiger partial charge is 0.189 e. The molecule has 0 saturated carbocycles. The molecule has 1 atom stereocenters. The van der Waals surface area contributed by atoms with Crippen molar-refractivity contribution in [3.05, 3.63) is 24.2 Å². The first-order chi connectivity index (χ1) is 7.70. The molecule has 0 aromatic carbocycles. The molecule has 1 aliphatic heterocycles. The molecule has 1 aliphatic rings. The SMILES string of the molecule is O=C(c1ccoc1)C1CNCCN1C(=S)S. The first kappa shape index (κ1) is 11.6. The number of thiocarbonyl (C=S) groups is 1. The van der Waals surface area contributed by atoms with Crippen molar-refractivity contribution in [2.45, 2.75) is 6.04 Å². The zero-order chi connectivity index (χ0) is 11.5. The van der Waals surface area contributed by atoms with Gasteiger partial charge in [-0.2, -0.15) is 0 Å². The van der Waals surface area contributed by atoms with E-state index in [4.69, 9.17) is 16.6 Å². The van der Waals surface area contributed by atoms with Crippen LogP contribution in [0.1, 0.15) is 10.4 Å². The predicted molar refractivity (Wildman–Crippen MR) is 68.0 cm³/mol. The van der Waals surface area contributed by atoms with Crippen molar-refractivity contribution in [2.24, 2.45) is 0 Å². The van der Waals surface area contributed by atoms with Gasteiger partial charge in [0.25, 0.3) is 0 Å². The normalized spacial score (nSPS) is 20.8.